The first kappa shape index (κ1) is 18.2. The standard InChI is InChI=1S/C21H23N3O2Se/c1-21(2)19(14-7-11-16(26-4)12-8-14)22-17(18-20(21)23-24-27-18)13-5-9-15(25-3)10-6-13/h5-12,17,19,22H,1-4H3. The van der Waals surface area contributed by atoms with Gasteiger partial charge in [0, 0.05) is 0 Å². The predicted octanol–water partition coefficient (Wildman–Crippen LogP) is 3.26. The van der Waals surface area contributed by atoms with E-state index in [1.165, 1.54) is 15.6 Å². The van der Waals surface area contributed by atoms with Gasteiger partial charge >= 0.3 is 166 Å². The molecule has 140 valence electrons. The summed E-state index contributed by atoms with van der Waals surface area (Å²) in [6.45, 7) is 4.49. The van der Waals surface area contributed by atoms with E-state index in [1.54, 1.807) is 14.2 Å². The van der Waals surface area contributed by atoms with Gasteiger partial charge in [-0.3, -0.25) is 0 Å². The van der Waals surface area contributed by atoms with Crippen molar-refractivity contribution in [3.8, 4) is 11.5 Å². The molecular formula is C21H23N3O2Se. The van der Waals surface area contributed by atoms with Crippen LogP contribution in [0.15, 0.2) is 48.5 Å². The number of ether oxygens (including phenoxy) is 2. The van der Waals surface area contributed by atoms with Crippen LogP contribution in [0.25, 0.3) is 0 Å². The summed E-state index contributed by atoms with van der Waals surface area (Å²) >= 11 is 0.0368. The van der Waals surface area contributed by atoms with Gasteiger partial charge in [0.05, 0.1) is 0 Å². The number of aromatic nitrogens is 2. The molecule has 2 atom stereocenters. The molecule has 0 saturated heterocycles. The van der Waals surface area contributed by atoms with Crippen LogP contribution in [-0.4, -0.2) is 38.1 Å². The monoisotopic (exact) mass is 429 g/mol. The third-order valence-corrected chi connectivity index (χ3v) is 6.99. The molecule has 0 saturated carbocycles. The number of rotatable bonds is 4. The fourth-order valence-electron chi connectivity index (χ4n) is 3.77. The van der Waals surface area contributed by atoms with Crippen molar-refractivity contribution < 1.29 is 9.47 Å². The first-order valence-corrected chi connectivity index (χ1v) is 10.5. The minimum atomic E-state index is -0.144. The van der Waals surface area contributed by atoms with Gasteiger partial charge in [0.25, 0.3) is 0 Å². The molecular weight excluding hydrogens is 405 g/mol. The average Bonchev–Trinajstić information content (AvgIpc) is 3.20. The first-order valence-electron chi connectivity index (χ1n) is 8.91. The summed E-state index contributed by atoms with van der Waals surface area (Å²) < 4.78 is 16.4. The molecule has 1 aliphatic heterocycles. The van der Waals surface area contributed by atoms with Crippen LogP contribution in [0.1, 0.15) is 47.2 Å². The second kappa shape index (κ2) is 7.12. The van der Waals surface area contributed by atoms with Gasteiger partial charge in [-0.05, 0) is 0 Å². The van der Waals surface area contributed by atoms with Crippen molar-refractivity contribution in [2.75, 3.05) is 14.2 Å². The summed E-state index contributed by atoms with van der Waals surface area (Å²) in [5.74, 6) is 1.73. The predicted molar refractivity (Wildman–Crippen MR) is 106 cm³/mol. The van der Waals surface area contributed by atoms with Gasteiger partial charge in [0.2, 0.25) is 0 Å². The Morgan fingerprint density at radius 3 is 2.00 bits per heavy atom. The third-order valence-electron chi connectivity index (χ3n) is 5.34. The summed E-state index contributed by atoms with van der Waals surface area (Å²) in [5.41, 5.74) is 3.42. The third kappa shape index (κ3) is 3.18. The van der Waals surface area contributed by atoms with E-state index in [2.05, 4.69) is 52.6 Å². The molecule has 0 amide bonds. The Morgan fingerprint density at radius 1 is 0.889 bits per heavy atom. The zero-order valence-electron chi connectivity index (χ0n) is 15.9. The van der Waals surface area contributed by atoms with Crippen LogP contribution in [0, 0.1) is 0 Å². The molecule has 0 aliphatic carbocycles. The topological polar surface area (TPSA) is 56.3 Å². The van der Waals surface area contributed by atoms with Crippen molar-refractivity contribution in [1.82, 2.24) is 14.5 Å². The van der Waals surface area contributed by atoms with Crippen molar-refractivity contribution >= 4 is 14.7 Å². The van der Waals surface area contributed by atoms with Crippen LogP contribution in [0.3, 0.4) is 0 Å². The van der Waals surface area contributed by atoms with E-state index in [1.807, 2.05) is 24.3 Å². The number of hydrogen-bond acceptors (Lipinski definition) is 5. The van der Waals surface area contributed by atoms with E-state index < -0.39 is 0 Å². The molecule has 2 aromatic carbocycles. The van der Waals surface area contributed by atoms with E-state index >= 15 is 0 Å². The Bertz CT molecular complexity index is 919. The molecule has 3 aromatic rings. The zero-order chi connectivity index (χ0) is 19.0. The van der Waals surface area contributed by atoms with Gasteiger partial charge in [0.1, 0.15) is 0 Å². The normalized spacial score (nSPS) is 20.7. The summed E-state index contributed by atoms with van der Waals surface area (Å²) in [5, 5.41) is 8.45. The van der Waals surface area contributed by atoms with Crippen LogP contribution in [0.4, 0.5) is 0 Å². The van der Waals surface area contributed by atoms with Crippen LogP contribution in [-0.2, 0) is 5.41 Å². The van der Waals surface area contributed by atoms with Gasteiger partial charge in [-0.2, -0.15) is 0 Å². The first-order chi connectivity index (χ1) is 13.0. The van der Waals surface area contributed by atoms with Crippen molar-refractivity contribution in [2.45, 2.75) is 31.3 Å². The maximum absolute atomic E-state index is 5.32. The summed E-state index contributed by atoms with van der Waals surface area (Å²) in [6.07, 6.45) is 0. The van der Waals surface area contributed by atoms with Gasteiger partial charge in [0.15, 0.2) is 0 Å². The van der Waals surface area contributed by atoms with Gasteiger partial charge in [-0.1, -0.05) is 0 Å². The molecule has 1 aromatic heterocycles. The SMILES string of the molecule is COc1ccc(C2NC(c3ccc(OC)cc3)C(C)(C)c3nn[se]c32)cc1. The van der Waals surface area contributed by atoms with E-state index in [9.17, 15) is 0 Å². The quantitative estimate of drug-likeness (QED) is 0.647. The molecule has 5 nitrogen and oxygen atoms in total. The van der Waals surface area contributed by atoms with Crippen molar-refractivity contribution in [3.05, 3.63) is 69.8 Å². The number of methoxy groups -OCH3 is 2. The summed E-state index contributed by atoms with van der Waals surface area (Å²) in [4.78, 5) is 0. The second-order valence-electron chi connectivity index (χ2n) is 7.29. The molecule has 0 radical (unpaired) electrons. The molecule has 27 heavy (non-hydrogen) atoms. The molecule has 1 aliphatic rings. The van der Waals surface area contributed by atoms with Gasteiger partial charge in [-0.15, -0.1) is 0 Å². The van der Waals surface area contributed by atoms with E-state index in [-0.39, 0.29) is 32.2 Å². The Kier molecular flexibility index (Phi) is 4.81. The average molecular weight is 428 g/mol. The number of fused-ring (bicyclic) bond motifs is 1. The number of benzene rings is 2. The number of nitrogens with zero attached hydrogens (tertiary/aromatic N) is 2. The van der Waals surface area contributed by atoms with E-state index in [0.717, 1.165) is 17.2 Å². The van der Waals surface area contributed by atoms with E-state index in [4.69, 9.17) is 9.47 Å². The van der Waals surface area contributed by atoms with Crippen LogP contribution < -0.4 is 14.8 Å². The summed E-state index contributed by atoms with van der Waals surface area (Å²) in [6, 6.07) is 16.8. The molecule has 1 N–H and O–H groups in total. The van der Waals surface area contributed by atoms with Gasteiger partial charge < -0.3 is 0 Å². The van der Waals surface area contributed by atoms with E-state index in [0.29, 0.717) is 0 Å². The maximum atomic E-state index is 5.32. The Balaban J connectivity index is 1.77. The molecule has 4 rings (SSSR count). The van der Waals surface area contributed by atoms with Crippen molar-refractivity contribution in [3.63, 3.8) is 0 Å². The number of nitrogens with one attached hydrogen (secondary N) is 1. The van der Waals surface area contributed by atoms with Crippen LogP contribution >= 0.6 is 0 Å². The molecule has 0 bridgehead atoms. The minimum absolute atomic E-state index is 0.0368. The second-order valence-corrected chi connectivity index (χ2v) is 8.93. The molecule has 0 spiro atoms. The zero-order valence-corrected chi connectivity index (χ0v) is 17.6. The molecule has 2 heterocycles. The van der Waals surface area contributed by atoms with Crippen molar-refractivity contribution in [1.29, 1.82) is 0 Å². The molecule has 6 heteroatoms. The van der Waals surface area contributed by atoms with Crippen LogP contribution in [0.5, 0.6) is 11.5 Å². The Labute approximate surface area is 165 Å². The number of hydrogen-bond donors (Lipinski definition) is 1. The summed E-state index contributed by atoms with van der Waals surface area (Å²) in [7, 11) is 3.38. The fourth-order valence-corrected chi connectivity index (χ4v) is 5.68. The fraction of sp³-hybridized carbons (Fsp3) is 0.333. The molecule has 0 fully saturated rings. The van der Waals surface area contributed by atoms with Crippen LogP contribution in [0.2, 0.25) is 0 Å². The Hall–Kier alpha value is -2.14. The Morgan fingerprint density at radius 2 is 1.44 bits per heavy atom. The molecule has 2 unspecified atom stereocenters. The van der Waals surface area contributed by atoms with Crippen molar-refractivity contribution in [2.24, 2.45) is 0 Å². The van der Waals surface area contributed by atoms with Gasteiger partial charge in [-0.25, -0.2) is 0 Å².